The summed E-state index contributed by atoms with van der Waals surface area (Å²) >= 11 is 0. The molecule has 2 aliphatic rings. The van der Waals surface area contributed by atoms with E-state index in [2.05, 4.69) is 17.2 Å². The van der Waals surface area contributed by atoms with Gasteiger partial charge in [0.15, 0.2) is 0 Å². The predicted octanol–water partition coefficient (Wildman–Crippen LogP) is 0.398. The van der Waals surface area contributed by atoms with E-state index in [9.17, 15) is 4.79 Å². The summed E-state index contributed by atoms with van der Waals surface area (Å²) in [6.45, 7) is 3.82. The molecule has 98 valence electrons. The Bertz CT molecular complexity index is 270. The molecule has 5 nitrogen and oxygen atoms in total. The maximum absolute atomic E-state index is 11.3. The molecule has 1 heterocycles. The summed E-state index contributed by atoms with van der Waals surface area (Å²) < 4.78 is 5.83. The largest absolute Gasteiger partial charge is 0.375 e. The maximum atomic E-state index is 11.3. The quantitative estimate of drug-likeness (QED) is 0.426. The first-order chi connectivity index (χ1) is 8.22. The van der Waals surface area contributed by atoms with Crippen molar-refractivity contribution in [1.82, 2.24) is 10.3 Å². The Labute approximate surface area is 103 Å². The molecular weight excluding hydrogens is 218 g/mol. The van der Waals surface area contributed by atoms with E-state index >= 15 is 0 Å². The molecule has 0 bridgehead atoms. The van der Waals surface area contributed by atoms with Crippen molar-refractivity contribution >= 4 is 5.91 Å². The van der Waals surface area contributed by atoms with Crippen LogP contribution in [0.3, 0.4) is 0 Å². The highest BCUT2D eigenvalue weighted by Crippen LogP contribution is 2.30. The summed E-state index contributed by atoms with van der Waals surface area (Å²) in [6.07, 6.45) is 5.75. The Morgan fingerprint density at radius 2 is 2.29 bits per heavy atom. The van der Waals surface area contributed by atoms with Crippen molar-refractivity contribution in [3.05, 3.63) is 0 Å². The topological polar surface area (TPSA) is 67.6 Å². The molecular formula is C12H23N3O2. The van der Waals surface area contributed by atoms with E-state index in [0.29, 0.717) is 18.6 Å². The Balaban J connectivity index is 1.95. The number of hydrazine groups is 1. The summed E-state index contributed by atoms with van der Waals surface area (Å²) in [5, 5.41) is 0. The third-order valence-electron chi connectivity index (χ3n) is 3.98. The number of carbonyl (C=O) groups excluding carboxylic acids is 1. The number of fused-ring (bicyclic) bond motifs is 1. The van der Waals surface area contributed by atoms with Crippen molar-refractivity contribution in [2.24, 2.45) is 5.84 Å². The van der Waals surface area contributed by atoms with Crippen LogP contribution in [0, 0.1) is 0 Å². The van der Waals surface area contributed by atoms with Gasteiger partial charge in [0.1, 0.15) is 0 Å². The molecule has 1 saturated carbocycles. The fourth-order valence-corrected chi connectivity index (χ4v) is 3.12. The minimum absolute atomic E-state index is 0.0867. The summed E-state index contributed by atoms with van der Waals surface area (Å²) in [4.78, 5) is 13.8. The minimum atomic E-state index is -0.0867. The molecule has 0 aromatic carbocycles. The van der Waals surface area contributed by atoms with Gasteiger partial charge in [0.05, 0.1) is 12.7 Å². The number of amides is 1. The van der Waals surface area contributed by atoms with Crippen LogP contribution in [0.1, 0.15) is 39.0 Å². The van der Waals surface area contributed by atoms with Gasteiger partial charge >= 0.3 is 0 Å². The number of nitrogens with zero attached hydrogens (tertiary/aromatic N) is 1. The molecule has 17 heavy (non-hydrogen) atoms. The van der Waals surface area contributed by atoms with Gasteiger partial charge in [-0.3, -0.25) is 15.1 Å². The fourth-order valence-electron chi connectivity index (χ4n) is 3.12. The molecule has 1 saturated heterocycles. The van der Waals surface area contributed by atoms with Crippen LogP contribution in [0.2, 0.25) is 0 Å². The molecule has 0 radical (unpaired) electrons. The molecule has 0 spiro atoms. The second kappa shape index (κ2) is 5.80. The van der Waals surface area contributed by atoms with Crippen LogP contribution in [0.5, 0.6) is 0 Å². The van der Waals surface area contributed by atoms with Crippen LogP contribution < -0.4 is 11.3 Å². The molecule has 2 rings (SSSR count). The van der Waals surface area contributed by atoms with Crippen molar-refractivity contribution in [3.63, 3.8) is 0 Å². The zero-order chi connectivity index (χ0) is 12.3. The highest BCUT2D eigenvalue weighted by Gasteiger charge is 2.36. The zero-order valence-corrected chi connectivity index (χ0v) is 10.5. The molecule has 3 N–H and O–H groups in total. The molecule has 2 fully saturated rings. The molecule has 5 heteroatoms. The Kier molecular flexibility index (Phi) is 4.36. The van der Waals surface area contributed by atoms with E-state index in [1.165, 1.54) is 19.3 Å². The van der Waals surface area contributed by atoms with Gasteiger partial charge in [-0.05, 0) is 19.8 Å². The lowest BCUT2D eigenvalue weighted by Crippen LogP contribution is -2.56. The van der Waals surface area contributed by atoms with Crippen molar-refractivity contribution in [3.8, 4) is 0 Å². The molecule has 0 aromatic heterocycles. The van der Waals surface area contributed by atoms with Crippen LogP contribution in [0.4, 0.5) is 0 Å². The number of morpholine rings is 1. The highest BCUT2D eigenvalue weighted by molar-refractivity contribution is 5.75. The average molecular weight is 241 g/mol. The van der Waals surface area contributed by atoms with E-state index in [1.54, 1.807) is 0 Å². The summed E-state index contributed by atoms with van der Waals surface area (Å²) in [7, 11) is 0. The molecule has 3 atom stereocenters. The molecule has 0 aromatic rings. The molecule has 3 unspecified atom stereocenters. The van der Waals surface area contributed by atoms with E-state index in [-0.39, 0.29) is 11.9 Å². The third kappa shape index (κ3) is 2.97. The van der Waals surface area contributed by atoms with Crippen LogP contribution in [-0.2, 0) is 9.53 Å². The van der Waals surface area contributed by atoms with Crippen LogP contribution in [0.25, 0.3) is 0 Å². The molecule has 1 amide bonds. The van der Waals surface area contributed by atoms with E-state index in [1.807, 2.05) is 0 Å². The van der Waals surface area contributed by atoms with Gasteiger partial charge in [0.2, 0.25) is 5.91 Å². The number of carbonyl (C=O) groups is 1. The molecule has 1 aliphatic heterocycles. The number of hydrogen-bond acceptors (Lipinski definition) is 4. The van der Waals surface area contributed by atoms with Gasteiger partial charge in [-0.1, -0.05) is 12.8 Å². The minimum Gasteiger partial charge on any atom is -0.375 e. The van der Waals surface area contributed by atoms with Gasteiger partial charge in [0.25, 0.3) is 0 Å². The first-order valence-electron chi connectivity index (χ1n) is 6.59. The van der Waals surface area contributed by atoms with Gasteiger partial charge in [0, 0.05) is 25.0 Å². The van der Waals surface area contributed by atoms with Gasteiger partial charge < -0.3 is 4.74 Å². The van der Waals surface area contributed by atoms with Gasteiger partial charge in [-0.15, -0.1) is 0 Å². The predicted molar refractivity (Wildman–Crippen MR) is 65.1 cm³/mol. The normalized spacial score (nSPS) is 31.6. The lowest BCUT2D eigenvalue weighted by Gasteiger charge is -2.46. The van der Waals surface area contributed by atoms with Crippen LogP contribution >= 0.6 is 0 Å². The third-order valence-corrected chi connectivity index (χ3v) is 3.98. The first-order valence-corrected chi connectivity index (χ1v) is 6.59. The van der Waals surface area contributed by atoms with Gasteiger partial charge in [-0.25, -0.2) is 5.84 Å². The number of nitrogens with two attached hydrogens (primary N) is 1. The summed E-state index contributed by atoms with van der Waals surface area (Å²) in [5.41, 5.74) is 2.21. The second-order valence-electron chi connectivity index (χ2n) is 5.12. The van der Waals surface area contributed by atoms with Crippen molar-refractivity contribution in [1.29, 1.82) is 0 Å². The lowest BCUT2D eigenvalue weighted by molar-refractivity contribution is -0.126. The number of hydrogen-bond donors (Lipinski definition) is 2. The standard InChI is InChI=1S/C12H23N3O2/c1-9(8-12(16)14-13)15-6-7-17-11-5-3-2-4-10(11)15/h9-11H,2-8,13H2,1H3,(H,14,16). The van der Waals surface area contributed by atoms with Crippen LogP contribution in [0.15, 0.2) is 0 Å². The number of ether oxygens (including phenoxy) is 1. The summed E-state index contributed by atoms with van der Waals surface area (Å²) in [5.74, 6) is 5.05. The Morgan fingerprint density at radius 3 is 3.06 bits per heavy atom. The van der Waals surface area contributed by atoms with E-state index in [0.717, 1.165) is 19.6 Å². The zero-order valence-electron chi connectivity index (χ0n) is 10.5. The smallest absolute Gasteiger partial charge is 0.235 e. The van der Waals surface area contributed by atoms with Gasteiger partial charge in [-0.2, -0.15) is 0 Å². The van der Waals surface area contributed by atoms with E-state index < -0.39 is 0 Å². The fraction of sp³-hybridized carbons (Fsp3) is 0.917. The lowest BCUT2D eigenvalue weighted by atomic mass is 9.89. The number of rotatable bonds is 3. The SMILES string of the molecule is CC(CC(=O)NN)N1CCOC2CCCCC21. The Hall–Kier alpha value is -0.650. The first kappa shape index (κ1) is 12.8. The average Bonchev–Trinajstić information content (AvgIpc) is 2.37. The van der Waals surface area contributed by atoms with Crippen molar-refractivity contribution in [2.45, 2.75) is 57.2 Å². The summed E-state index contributed by atoms with van der Waals surface area (Å²) in [6, 6.07) is 0.742. The highest BCUT2D eigenvalue weighted by atomic mass is 16.5. The maximum Gasteiger partial charge on any atom is 0.235 e. The van der Waals surface area contributed by atoms with Crippen molar-refractivity contribution < 1.29 is 9.53 Å². The van der Waals surface area contributed by atoms with Crippen LogP contribution in [-0.4, -0.2) is 42.1 Å². The Morgan fingerprint density at radius 1 is 1.53 bits per heavy atom. The van der Waals surface area contributed by atoms with Crippen molar-refractivity contribution in [2.75, 3.05) is 13.2 Å². The number of nitrogens with one attached hydrogen (secondary N) is 1. The second-order valence-corrected chi connectivity index (χ2v) is 5.12. The van der Waals surface area contributed by atoms with E-state index in [4.69, 9.17) is 10.6 Å². The monoisotopic (exact) mass is 241 g/mol. The molecule has 1 aliphatic carbocycles.